The van der Waals surface area contributed by atoms with Crippen LogP contribution in [0.1, 0.15) is 22.8 Å². The van der Waals surface area contributed by atoms with Crippen LogP contribution in [0.5, 0.6) is 17.2 Å². The molecule has 10 heteroatoms. The molecule has 0 aromatic heterocycles. The molecular weight excluding hydrogens is 446 g/mol. The van der Waals surface area contributed by atoms with Crippen LogP contribution in [0.15, 0.2) is 76.7 Å². The van der Waals surface area contributed by atoms with Crippen LogP contribution in [0.3, 0.4) is 0 Å². The number of benzene rings is 3. The Hall–Kier alpha value is -4.05. The molecule has 0 heterocycles. The van der Waals surface area contributed by atoms with E-state index in [1.165, 1.54) is 43.7 Å². The lowest BCUT2D eigenvalue weighted by atomic mass is 10.2. The van der Waals surface area contributed by atoms with Crippen LogP contribution in [0.2, 0.25) is 0 Å². The molecule has 0 aliphatic rings. The van der Waals surface area contributed by atoms with Crippen molar-refractivity contribution < 1.29 is 27.8 Å². The predicted molar refractivity (Wildman–Crippen MR) is 125 cm³/mol. The van der Waals surface area contributed by atoms with Crippen LogP contribution < -0.4 is 19.6 Å². The van der Waals surface area contributed by atoms with Gasteiger partial charge in [-0.1, -0.05) is 12.1 Å². The molecule has 33 heavy (non-hydrogen) atoms. The van der Waals surface area contributed by atoms with Crippen molar-refractivity contribution in [3.8, 4) is 17.2 Å². The molecule has 0 bridgehead atoms. The van der Waals surface area contributed by atoms with Gasteiger partial charge >= 0.3 is 0 Å². The van der Waals surface area contributed by atoms with Gasteiger partial charge in [0.05, 0.1) is 36.1 Å². The third-order valence-corrected chi connectivity index (χ3v) is 5.83. The Labute approximate surface area is 191 Å². The third kappa shape index (κ3) is 6.01. The predicted octanol–water partition coefficient (Wildman–Crippen LogP) is 3.36. The van der Waals surface area contributed by atoms with Crippen molar-refractivity contribution in [3.63, 3.8) is 0 Å². The van der Waals surface area contributed by atoms with Crippen LogP contribution in [0.25, 0.3) is 0 Å². The number of carbonyl (C=O) groups excluding carboxylic acids is 1. The van der Waals surface area contributed by atoms with Crippen molar-refractivity contribution in [2.45, 2.75) is 11.8 Å². The number of amides is 1. The highest BCUT2D eigenvalue weighted by molar-refractivity contribution is 7.92. The SMILES string of the molecule is CCOc1ccc(S(=O)(=O)Nc2ccccc2C(=O)NN=Cc2ccc(OC)c(O)c2)cc1. The van der Waals surface area contributed by atoms with E-state index in [0.717, 1.165) is 0 Å². The Morgan fingerprint density at radius 1 is 1.09 bits per heavy atom. The van der Waals surface area contributed by atoms with Gasteiger partial charge in [0.1, 0.15) is 5.75 Å². The van der Waals surface area contributed by atoms with E-state index in [1.807, 2.05) is 6.92 Å². The fourth-order valence-electron chi connectivity index (χ4n) is 2.87. The fraction of sp³-hybridized carbons (Fsp3) is 0.130. The Balaban J connectivity index is 1.74. The number of nitrogens with zero attached hydrogens (tertiary/aromatic N) is 1. The number of hydrogen-bond acceptors (Lipinski definition) is 7. The van der Waals surface area contributed by atoms with Crippen LogP contribution in [0, 0.1) is 0 Å². The third-order valence-electron chi connectivity index (χ3n) is 4.44. The zero-order valence-electron chi connectivity index (χ0n) is 18.0. The lowest BCUT2D eigenvalue weighted by molar-refractivity contribution is 0.0956. The van der Waals surface area contributed by atoms with Crippen molar-refractivity contribution in [3.05, 3.63) is 77.9 Å². The van der Waals surface area contributed by atoms with Crippen LogP contribution in [-0.4, -0.2) is 39.4 Å². The highest BCUT2D eigenvalue weighted by atomic mass is 32.2. The molecule has 0 unspecified atom stereocenters. The molecule has 9 nitrogen and oxygen atoms in total. The van der Waals surface area contributed by atoms with E-state index in [2.05, 4.69) is 15.2 Å². The minimum atomic E-state index is -3.94. The molecule has 1 amide bonds. The summed E-state index contributed by atoms with van der Waals surface area (Å²) in [6, 6.07) is 16.8. The van der Waals surface area contributed by atoms with Gasteiger partial charge in [-0.15, -0.1) is 0 Å². The van der Waals surface area contributed by atoms with Gasteiger partial charge in [0.15, 0.2) is 11.5 Å². The first-order valence-corrected chi connectivity index (χ1v) is 11.4. The molecule has 172 valence electrons. The first-order chi connectivity index (χ1) is 15.8. The van der Waals surface area contributed by atoms with Gasteiger partial charge in [-0.05, 0) is 67.1 Å². The topological polar surface area (TPSA) is 126 Å². The van der Waals surface area contributed by atoms with E-state index in [4.69, 9.17) is 9.47 Å². The molecule has 3 N–H and O–H groups in total. The summed E-state index contributed by atoms with van der Waals surface area (Å²) < 4.78 is 38.3. The summed E-state index contributed by atoms with van der Waals surface area (Å²) in [6.45, 7) is 2.30. The number of carbonyl (C=O) groups is 1. The van der Waals surface area contributed by atoms with Crippen molar-refractivity contribution in [1.29, 1.82) is 0 Å². The van der Waals surface area contributed by atoms with Crippen LogP contribution in [0.4, 0.5) is 5.69 Å². The Bertz CT molecular complexity index is 1260. The Morgan fingerprint density at radius 3 is 2.48 bits per heavy atom. The molecule has 0 atom stereocenters. The van der Waals surface area contributed by atoms with Crippen molar-refractivity contribution in [1.82, 2.24) is 5.43 Å². The Morgan fingerprint density at radius 2 is 1.82 bits per heavy atom. The van der Waals surface area contributed by atoms with E-state index in [0.29, 0.717) is 23.7 Å². The van der Waals surface area contributed by atoms with Gasteiger partial charge < -0.3 is 14.6 Å². The Kier molecular flexibility index (Phi) is 7.52. The van der Waals surface area contributed by atoms with Crippen molar-refractivity contribution in [2.75, 3.05) is 18.4 Å². The lowest BCUT2D eigenvalue weighted by Gasteiger charge is -2.12. The summed E-state index contributed by atoms with van der Waals surface area (Å²) in [5.74, 6) is 0.181. The first kappa shape index (κ1) is 23.6. The van der Waals surface area contributed by atoms with Gasteiger partial charge in [-0.2, -0.15) is 5.10 Å². The molecule has 0 aliphatic heterocycles. The maximum atomic E-state index is 12.8. The van der Waals surface area contributed by atoms with Gasteiger partial charge in [0.25, 0.3) is 15.9 Å². The van der Waals surface area contributed by atoms with Crippen LogP contribution in [-0.2, 0) is 10.0 Å². The van der Waals surface area contributed by atoms with E-state index >= 15 is 0 Å². The quantitative estimate of drug-likeness (QED) is 0.326. The van der Waals surface area contributed by atoms with Crippen molar-refractivity contribution in [2.24, 2.45) is 5.10 Å². The summed E-state index contributed by atoms with van der Waals surface area (Å²) in [6.07, 6.45) is 1.34. The monoisotopic (exact) mass is 469 g/mol. The molecule has 0 spiro atoms. The summed E-state index contributed by atoms with van der Waals surface area (Å²) in [5.41, 5.74) is 3.06. The van der Waals surface area contributed by atoms with Gasteiger partial charge in [0.2, 0.25) is 0 Å². The van der Waals surface area contributed by atoms with E-state index < -0.39 is 15.9 Å². The van der Waals surface area contributed by atoms with Crippen molar-refractivity contribution >= 4 is 27.8 Å². The van der Waals surface area contributed by atoms with Gasteiger partial charge in [-0.3, -0.25) is 9.52 Å². The molecule has 0 aliphatic carbocycles. The number of aromatic hydroxyl groups is 1. The lowest BCUT2D eigenvalue weighted by Crippen LogP contribution is -2.21. The van der Waals surface area contributed by atoms with Crippen LogP contribution >= 0.6 is 0 Å². The summed E-state index contributed by atoms with van der Waals surface area (Å²) in [4.78, 5) is 12.6. The average molecular weight is 470 g/mol. The van der Waals surface area contributed by atoms with Gasteiger partial charge in [0, 0.05) is 0 Å². The van der Waals surface area contributed by atoms with E-state index in [9.17, 15) is 18.3 Å². The normalized spacial score (nSPS) is 11.2. The number of anilines is 1. The molecule has 0 radical (unpaired) electrons. The maximum absolute atomic E-state index is 12.8. The average Bonchev–Trinajstić information content (AvgIpc) is 2.80. The number of methoxy groups -OCH3 is 1. The minimum absolute atomic E-state index is 0.0264. The maximum Gasteiger partial charge on any atom is 0.273 e. The molecule has 0 fully saturated rings. The summed E-state index contributed by atoms with van der Waals surface area (Å²) in [7, 11) is -2.50. The smallest absolute Gasteiger partial charge is 0.273 e. The molecule has 3 aromatic carbocycles. The molecular formula is C23H23N3O6S. The summed E-state index contributed by atoms with van der Waals surface area (Å²) >= 11 is 0. The highest BCUT2D eigenvalue weighted by Crippen LogP contribution is 2.25. The van der Waals surface area contributed by atoms with E-state index in [1.54, 1.807) is 36.4 Å². The zero-order chi connectivity index (χ0) is 23.8. The number of rotatable bonds is 9. The molecule has 3 aromatic rings. The first-order valence-electron chi connectivity index (χ1n) is 9.89. The number of nitrogens with one attached hydrogen (secondary N) is 2. The number of ether oxygens (including phenoxy) is 2. The number of sulfonamides is 1. The number of phenolic OH excluding ortho intramolecular Hbond substituents is 1. The molecule has 3 rings (SSSR count). The van der Waals surface area contributed by atoms with Gasteiger partial charge in [-0.25, -0.2) is 13.8 Å². The largest absolute Gasteiger partial charge is 0.504 e. The number of hydrogen-bond donors (Lipinski definition) is 3. The zero-order valence-corrected chi connectivity index (χ0v) is 18.8. The summed E-state index contributed by atoms with van der Waals surface area (Å²) in [5, 5.41) is 13.7. The highest BCUT2D eigenvalue weighted by Gasteiger charge is 2.18. The number of para-hydroxylation sites is 1. The molecule has 0 saturated carbocycles. The second-order valence-electron chi connectivity index (χ2n) is 6.69. The second kappa shape index (κ2) is 10.5. The number of phenols is 1. The second-order valence-corrected chi connectivity index (χ2v) is 8.37. The standard InChI is InChI=1S/C23H23N3O6S/c1-3-32-17-9-11-18(12-10-17)33(29,30)26-20-7-5-4-6-19(20)23(28)25-24-15-16-8-13-22(31-2)21(27)14-16/h4-15,26-27H,3H2,1-2H3,(H,25,28). The fourth-order valence-corrected chi connectivity index (χ4v) is 3.95. The van der Waals surface area contributed by atoms with E-state index in [-0.39, 0.29) is 21.9 Å². The molecule has 0 saturated heterocycles. The number of hydrazone groups is 1. The minimum Gasteiger partial charge on any atom is -0.504 e.